The van der Waals surface area contributed by atoms with Gasteiger partial charge < -0.3 is 4.74 Å². The predicted octanol–water partition coefficient (Wildman–Crippen LogP) is 2.81. The Morgan fingerprint density at radius 1 is 1.00 bits per heavy atom. The lowest BCUT2D eigenvalue weighted by atomic mass is 10.2. The van der Waals surface area contributed by atoms with E-state index in [0.29, 0.717) is 0 Å². The van der Waals surface area contributed by atoms with Crippen LogP contribution in [0.1, 0.15) is 10.4 Å². The van der Waals surface area contributed by atoms with Crippen LogP contribution >= 0.6 is 0 Å². The van der Waals surface area contributed by atoms with Crippen molar-refractivity contribution in [3.05, 3.63) is 34.9 Å². The number of hydrogen-bond donors (Lipinski definition) is 1. The van der Waals surface area contributed by atoms with E-state index in [0.717, 1.165) is 0 Å². The minimum absolute atomic E-state index is 0.505. The van der Waals surface area contributed by atoms with Crippen molar-refractivity contribution in [1.82, 2.24) is 0 Å². The van der Waals surface area contributed by atoms with Gasteiger partial charge in [0.05, 0.1) is 0 Å². The fourth-order valence-electron chi connectivity index (χ4n) is 1.35. The Hall–Kier alpha value is -2.03. The highest BCUT2D eigenvalue weighted by Gasteiger charge is 2.66. The molecule has 0 aliphatic heterocycles. The molecule has 1 aromatic carbocycles. The average molecular weight is 406 g/mol. The quantitative estimate of drug-likeness (QED) is 0.274. The van der Waals surface area contributed by atoms with Gasteiger partial charge in [-0.25, -0.2) is 22.4 Å². The smallest absolute Gasteiger partial charge is 0.432 e. The maximum atomic E-state index is 13.3. The average Bonchev–Trinajstić information content (AvgIpc) is 2.43. The summed E-state index contributed by atoms with van der Waals surface area (Å²) >= 11 is 0. The number of alkyl halides is 5. The molecule has 1 rings (SSSR count). The number of carbonyl (C=O) groups is 1. The molecular weight excluding hydrogens is 403 g/mol. The molecule has 0 saturated heterocycles. The van der Waals surface area contributed by atoms with E-state index in [4.69, 9.17) is 4.55 Å². The second-order valence-corrected chi connectivity index (χ2v) is 5.71. The maximum absolute atomic E-state index is 13.3. The van der Waals surface area contributed by atoms with Gasteiger partial charge in [-0.3, -0.25) is 4.55 Å². The summed E-state index contributed by atoms with van der Waals surface area (Å²) in [6.07, 6.45) is -11.2. The summed E-state index contributed by atoms with van der Waals surface area (Å²) in [6.45, 7) is 0. The largest absolute Gasteiger partial charge is 0.441 e. The predicted molar refractivity (Wildman–Crippen MR) is 58.0 cm³/mol. The minimum atomic E-state index is -6.78. The Bertz CT molecular complexity index is 802. The first-order valence-electron chi connectivity index (χ1n) is 5.47. The first-order valence-corrected chi connectivity index (χ1v) is 6.91. The zero-order valence-corrected chi connectivity index (χ0v) is 11.9. The zero-order valence-electron chi connectivity index (χ0n) is 11.0. The van der Waals surface area contributed by atoms with Crippen LogP contribution in [-0.2, 0) is 14.9 Å². The minimum Gasteiger partial charge on any atom is -0.441 e. The molecule has 0 saturated carbocycles. The van der Waals surface area contributed by atoms with Gasteiger partial charge in [-0.2, -0.15) is 30.4 Å². The molecule has 25 heavy (non-hydrogen) atoms. The van der Waals surface area contributed by atoms with E-state index < -0.39 is 68.5 Å². The van der Waals surface area contributed by atoms with Crippen LogP contribution in [0, 0.1) is 23.3 Å². The lowest BCUT2D eigenvalue weighted by Crippen LogP contribution is -2.52. The SMILES string of the molecule is O=C(OC(C(F)(F)F)C(F)(F)S(=O)(=O)O)c1cc(F)c(F)c(F)c1F. The van der Waals surface area contributed by atoms with Crippen LogP contribution in [0.3, 0.4) is 0 Å². The van der Waals surface area contributed by atoms with Gasteiger partial charge in [0.2, 0.25) is 0 Å². The van der Waals surface area contributed by atoms with E-state index in [-0.39, 0.29) is 0 Å². The highest BCUT2D eigenvalue weighted by atomic mass is 32.2. The topological polar surface area (TPSA) is 80.7 Å². The molecule has 5 nitrogen and oxygen atoms in total. The second kappa shape index (κ2) is 6.36. The van der Waals surface area contributed by atoms with Crippen molar-refractivity contribution in [2.24, 2.45) is 0 Å². The first kappa shape index (κ1) is 21.0. The Morgan fingerprint density at radius 2 is 1.48 bits per heavy atom. The van der Waals surface area contributed by atoms with Crippen LogP contribution in [0.5, 0.6) is 0 Å². The van der Waals surface area contributed by atoms with Crippen molar-refractivity contribution in [1.29, 1.82) is 0 Å². The molecule has 0 bridgehead atoms. The third-order valence-corrected chi connectivity index (χ3v) is 3.40. The number of carbonyl (C=O) groups excluding carboxylic acids is 1. The number of ether oxygens (including phenoxy) is 1. The van der Waals surface area contributed by atoms with Gasteiger partial charge in [0.1, 0.15) is 5.56 Å². The maximum Gasteiger partial charge on any atom is 0.432 e. The standard InChI is InChI=1S/C10H3F9O5S/c11-3-1-2(4(12)6(14)5(3)13)7(20)24-8(9(15,16)17)10(18,19)25(21,22)23/h1,8H,(H,21,22,23). The van der Waals surface area contributed by atoms with Gasteiger partial charge in [0, 0.05) is 0 Å². The number of rotatable bonds is 4. The number of esters is 1. The highest BCUT2D eigenvalue weighted by Crippen LogP contribution is 2.38. The lowest BCUT2D eigenvalue weighted by Gasteiger charge is -2.26. The van der Waals surface area contributed by atoms with E-state index in [1.165, 1.54) is 0 Å². The molecule has 0 aromatic heterocycles. The van der Waals surface area contributed by atoms with E-state index in [9.17, 15) is 52.7 Å². The van der Waals surface area contributed by atoms with Crippen LogP contribution < -0.4 is 0 Å². The Morgan fingerprint density at radius 3 is 1.88 bits per heavy atom. The van der Waals surface area contributed by atoms with Crippen LogP contribution in [0.15, 0.2) is 6.07 Å². The molecule has 1 unspecified atom stereocenters. The summed E-state index contributed by atoms with van der Waals surface area (Å²) in [6, 6.07) is -0.505. The van der Waals surface area contributed by atoms with Gasteiger partial charge in [-0.05, 0) is 6.07 Å². The number of benzene rings is 1. The molecule has 0 fully saturated rings. The summed E-state index contributed by atoms with van der Waals surface area (Å²) in [5, 5.41) is -6.14. The van der Waals surface area contributed by atoms with E-state index in [1.54, 1.807) is 0 Å². The molecule has 1 aromatic rings. The third kappa shape index (κ3) is 3.97. The Labute approximate surface area is 131 Å². The van der Waals surface area contributed by atoms with Crippen LogP contribution in [0.25, 0.3) is 0 Å². The lowest BCUT2D eigenvalue weighted by molar-refractivity contribution is -0.248. The monoisotopic (exact) mass is 406 g/mol. The van der Waals surface area contributed by atoms with Crippen LogP contribution in [0.4, 0.5) is 39.5 Å². The third-order valence-electron chi connectivity index (χ3n) is 2.49. The van der Waals surface area contributed by atoms with Gasteiger partial charge in [0.25, 0.3) is 6.10 Å². The molecule has 0 heterocycles. The van der Waals surface area contributed by atoms with E-state index in [2.05, 4.69) is 4.74 Å². The molecule has 0 amide bonds. The first-order chi connectivity index (χ1) is 11.0. The Kier molecular flexibility index (Phi) is 5.35. The van der Waals surface area contributed by atoms with Gasteiger partial charge in [-0.15, -0.1) is 0 Å². The van der Waals surface area contributed by atoms with Crippen molar-refractivity contribution in [3.8, 4) is 0 Å². The molecule has 1 N–H and O–H groups in total. The fourth-order valence-corrected chi connectivity index (χ4v) is 1.81. The van der Waals surface area contributed by atoms with Crippen LogP contribution in [0.2, 0.25) is 0 Å². The summed E-state index contributed by atoms with van der Waals surface area (Å²) < 4.78 is 147. The summed E-state index contributed by atoms with van der Waals surface area (Å²) in [5.74, 6) is -12.8. The molecular formula is C10H3F9O5S. The van der Waals surface area contributed by atoms with Gasteiger partial charge in [-0.1, -0.05) is 0 Å². The number of halogens is 9. The Balaban J connectivity index is 3.40. The molecule has 0 aliphatic carbocycles. The zero-order chi connectivity index (χ0) is 20.0. The molecule has 0 spiro atoms. The highest BCUT2D eigenvalue weighted by molar-refractivity contribution is 7.86. The fraction of sp³-hybridized carbons (Fsp3) is 0.300. The molecule has 15 heteroatoms. The molecule has 0 aliphatic rings. The van der Waals surface area contributed by atoms with Crippen molar-refractivity contribution in [3.63, 3.8) is 0 Å². The van der Waals surface area contributed by atoms with Gasteiger partial charge >= 0.3 is 27.5 Å². The van der Waals surface area contributed by atoms with Crippen molar-refractivity contribution in [2.75, 3.05) is 0 Å². The molecule has 1 atom stereocenters. The summed E-state index contributed by atoms with van der Waals surface area (Å²) in [4.78, 5) is 11.3. The van der Waals surface area contributed by atoms with Gasteiger partial charge in [0.15, 0.2) is 23.3 Å². The molecule has 142 valence electrons. The summed E-state index contributed by atoms with van der Waals surface area (Å²) in [5.41, 5.74) is -2.07. The van der Waals surface area contributed by atoms with Crippen LogP contribution in [-0.4, -0.2) is 36.5 Å². The van der Waals surface area contributed by atoms with E-state index in [1.807, 2.05) is 0 Å². The van der Waals surface area contributed by atoms with Crippen molar-refractivity contribution >= 4 is 16.1 Å². The second-order valence-electron chi connectivity index (χ2n) is 4.21. The normalized spacial score (nSPS) is 14.3. The van der Waals surface area contributed by atoms with E-state index >= 15 is 0 Å². The number of hydrogen-bond acceptors (Lipinski definition) is 4. The summed E-state index contributed by atoms with van der Waals surface area (Å²) in [7, 11) is -6.78. The van der Waals surface area contributed by atoms with Crippen molar-refractivity contribution in [2.45, 2.75) is 17.5 Å². The molecule has 0 radical (unpaired) electrons. The van der Waals surface area contributed by atoms with Crippen molar-refractivity contribution < 1.29 is 62.0 Å².